The topological polar surface area (TPSA) is 17.8 Å². The molecule has 0 spiro atoms. The molecule has 0 saturated heterocycles. The van der Waals surface area contributed by atoms with E-state index in [4.69, 9.17) is 11.6 Å². The lowest BCUT2D eigenvalue weighted by molar-refractivity contribution is 0.880. The molecule has 3 aromatic rings. The summed E-state index contributed by atoms with van der Waals surface area (Å²) in [7, 11) is 0. The summed E-state index contributed by atoms with van der Waals surface area (Å²) in [5.41, 5.74) is 4.24. The number of nitrogens with zero attached hydrogens (tertiary/aromatic N) is 2. The SMILES string of the molecule is Cc1ccc(-n2cc(-c3ccc(Br)cc3)cn2)cc1Cl. The van der Waals surface area contributed by atoms with Gasteiger partial charge in [0, 0.05) is 21.3 Å². The van der Waals surface area contributed by atoms with E-state index >= 15 is 0 Å². The van der Waals surface area contributed by atoms with Crippen LogP contribution in [-0.4, -0.2) is 9.78 Å². The Bertz CT molecular complexity index is 747. The fourth-order valence-corrected chi connectivity index (χ4v) is 2.42. The van der Waals surface area contributed by atoms with Crippen LogP contribution in [0.5, 0.6) is 0 Å². The number of benzene rings is 2. The molecule has 0 aliphatic carbocycles. The maximum Gasteiger partial charge on any atom is 0.0660 e. The van der Waals surface area contributed by atoms with Gasteiger partial charge in [0.2, 0.25) is 0 Å². The predicted octanol–water partition coefficient (Wildman–Crippen LogP) is 5.26. The summed E-state index contributed by atoms with van der Waals surface area (Å²) in [5.74, 6) is 0. The number of halogens is 2. The van der Waals surface area contributed by atoms with Crippen LogP contribution < -0.4 is 0 Å². The molecule has 2 nitrogen and oxygen atoms in total. The molecular weight excluding hydrogens is 336 g/mol. The van der Waals surface area contributed by atoms with Gasteiger partial charge in [-0.25, -0.2) is 4.68 Å². The zero-order valence-electron chi connectivity index (χ0n) is 10.8. The van der Waals surface area contributed by atoms with E-state index in [0.717, 1.165) is 31.9 Å². The average Bonchev–Trinajstić information content (AvgIpc) is 2.92. The minimum Gasteiger partial charge on any atom is -0.240 e. The third-order valence-electron chi connectivity index (χ3n) is 3.18. The molecule has 0 bridgehead atoms. The largest absolute Gasteiger partial charge is 0.240 e. The van der Waals surface area contributed by atoms with Gasteiger partial charge in [-0.3, -0.25) is 0 Å². The van der Waals surface area contributed by atoms with E-state index in [1.54, 1.807) is 0 Å². The lowest BCUT2D eigenvalue weighted by Gasteiger charge is -2.03. The van der Waals surface area contributed by atoms with E-state index in [1.165, 1.54) is 0 Å². The van der Waals surface area contributed by atoms with Crippen molar-refractivity contribution in [3.63, 3.8) is 0 Å². The third-order valence-corrected chi connectivity index (χ3v) is 4.12. The summed E-state index contributed by atoms with van der Waals surface area (Å²) in [6, 6.07) is 14.1. The number of hydrogen-bond donors (Lipinski definition) is 0. The van der Waals surface area contributed by atoms with E-state index in [0.29, 0.717) is 0 Å². The molecule has 1 aromatic heterocycles. The zero-order valence-corrected chi connectivity index (χ0v) is 13.2. The summed E-state index contributed by atoms with van der Waals surface area (Å²) in [6.45, 7) is 1.99. The van der Waals surface area contributed by atoms with Crippen molar-refractivity contribution in [3.05, 3.63) is 69.9 Å². The van der Waals surface area contributed by atoms with Crippen LogP contribution in [0, 0.1) is 6.92 Å². The van der Waals surface area contributed by atoms with Crippen LogP contribution in [0.15, 0.2) is 59.3 Å². The second-order valence-corrected chi connectivity index (χ2v) is 5.94. The number of aryl methyl sites for hydroxylation is 1. The van der Waals surface area contributed by atoms with Crippen molar-refractivity contribution in [1.82, 2.24) is 9.78 Å². The van der Waals surface area contributed by atoms with Crippen molar-refractivity contribution in [2.45, 2.75) is 6.92 Å². The summed E-state index contributed by atoms with van der Waals surface area (Å²) in [6.07, 6.45) is 3.86. The fraction of sp³-hybridized carbons (Fsp3) is 0.0625. The van der Waals surface area contributed by atoms with E-state index < -0.39 is 0 Å². The molecule has 0 fully saturated rings. The molecule has 4 heteroatoms. The summed E-state index contributed by atoms with van der Waals surface area (Å²) >= 11 is 9.60. The highest BCUT2D eigenvalue weighted by atomic mass is 79.9. The maximum absolute atomic E-state index is 6.16. The molecule has 20 heavy (non-hydrogen) atoms. The molecule has 0 amide bonds. The maximum atomic E-state index is 6.16. The average molecular weight is 348 g/mol. The first kappa shape index (κ1) is 13.4. The Labute approximate surface area is 131 Å². The Kier molecular flexibility index (Phi) is 3.64. The van der Waals surface area contributed by atoms with Crippen LogP contribution in [0.1, 0.15) is 5.56 Å². The highest BCUT2D eigenvalue weighted by Gasteiger charge is 2.05. The van der Waals surface area contributed by atoms with E-state index in [2.05, 4.69) is 33.2 Å². The van der Waals surface area contributed by atoms with Gasteiger partial charge in [0.05, 0.1) is 11.9 Å². The highest BCUT2D eigenvalue weighted by Crippen LogP contribution is 2.24. The van der Waals surface area contributed by atoms with Gasteiger partial charge in [-0.2, -0.15) is 5.10 Å². The first-order valence-corrected chi connectivity index (χ1v) is 7.38. The van der Waals surface area contributed by atoms with Crippen molar-refractivity contribution in [2.24, 2.45) is 0 Å². The highest BCUT2D eigenvalue weighted by molar-refractivity contribution is 9.10. The Morgan fingerprint density at radius 1 is 1.05 bits per heavy atom. The monoisotopic (exact) mass is 346 g/mol. The molecular formula is C16H12BrClN2. The molecule has 0 saturated carbocycles. The number of rotatable bonds is 2. The van der Waals surface area contributed by atoms with Gasteiger partial charge in [0.15, 0.2) is 0 Å². The van der Waals surface area contributed by atoms with Crippen LogP contribution in [0.3, 0.4) is 0 Å². The van der Waals surface area contributed by atoms with Gasteiger partial charge >= 0.3 is 0 Å². The molecule has 3 rings (SSSR count). The molecule has 0 unspecified atom stereocenters. The van der Waals surface area contributed by atoms with Crippen LogP contribution in [0.25, 0.3) is 16.8 Å². The van der Waals surface area contributed by atoms with Crippen LogP contribution in [0.2, 0.25) is 5.02 Å². The van der Waals surface area contributed by atoms with Crippen LogP contribution >= 0.6 is 27.5 Å². The lowest BCUT2D eigenvalue weighted by Crippen LogP contribution is -1.94. The van der Waals surface area contributed by atoms with Crippen molar-refractivity contribution in [1.29, 1.82) is 0 Å². The predicted molar refractivity (Wildman–Crippen MR) is 86.4 cm³/mol. The van der Waals surface area contributed by atoms with Gasteiger partial charge in [-0.05, 0) is 42.3 Å². The van der Waals surface area contributed by atoms with Gasteiger partial charge in [-0.1, -0.05) is 45.7 Å². The Morgan fingerprint density at radius 2 is 1.80 bits per heavy atom. The normalized spacial score (nSPS) is 10.8. The van der Waals surface area contributed by atoms with E-state index in [1.807, 2.05) is 54.3 Å². The molecule has 0 radical (unpaired) electrons. The van der Waals surface area contributed by atoms with Gasteiger partial charge in [-0.15, -0.1) is 0 Å². The minimum atomic E-state index is 0.753. The van der Waals surface area contributed by atoms with Gasteiger partial charge < -0.3 is 0 Å². The molecule has 2 aromatic carbocycles. The van der Waals surface area contributed by atoms with Gasteiger partial charge in [0.25, 0.3) is 0 Å². The summed E-state index contributed by atoms with van der Waals surface area (Å²) < 4.78 is 2.90. The van der Waals surface area contributed by atoms with Crippen molar-refractivity contribution >= 4 is 27.5 Å². The molecule has 100 valence electrons. The fourth-order valence-electron chi connectivity index (χ4n) is 1.98. The zero-order chi connectivity index (χ0) is 14.1. The van der Waals surface area contributed by atoms with Gasteiger partial charge in [0.1, 0.15) is 0 Å². The van der Waals surface area contributed by atoms with Crippen LogP contribution in [0.4, 0.5) is 0 Å². The first-order valence-electron chi connectivity index (χ1n) is 6.20. The van der Waals surface area contributed by atoms with Crippen molar-refractivity contribution < 1.29 is 0 Å². The first-order chi connectivity index (χ1) is 9.63. The van der Waals surface area contributed by atoms with Crippen molar-refractivity contribution in [2.75, 3.05) is 0 Å². The standard InChI is InChI=1S/C16H12BrClN2/c1-11-2-7-15(8-16(11)18)20-10-13(9-19-20)12-3-5-14(17)6-4-12/h2-10H,1H3. The summed E-state index contributed by atoms with van der Waals surface area (Å²) in [4.78, 5) is 0. The third kappa shape index (κ3) is 2.65. The molecule has 0 aliphatic heterocycles. The van der Waals surface area contributed by atoms with E-state index in [-0.39, 0.29) is 0 Å². The Balaban J connectivity index is 1.97. The second kappa shape index (κ2) is 5.43. The van der Waals surface area contributed by atoms with Crippen molar-refractivity contribution in [3.8, 4) is 16.8 Å². The smallest absolute Gasteiger partial charge is 0.0660 e. The molecule has 0 aliphatic rings. The minimum absolute atomic E-state index is 0.753. The second-order valence-electron chi connectivity index (χ2n) is 4.61. The lowest BCUT2D eigenvalue weighted by atomic mass is 10.1. The number of aromatic nitrogens is 2. The van der Waals surface area contributed by atoms with Crippen LogP contribution in [-0.2, 0) is 0 Å². The molecule has 0 N–H and O–H groups in total. The van der Waals surface area contributed by atoms with E-state index in [9.17, 15) is 0 Å². The molecule has 1 heterocycles. The quantitative estimate of drug-likeness (QED) is 0.618. The Hall–Kier alpha value is -1.58. The number of hydrogen-bond acceptors (Lipinski definition) is 1. The molecule has 0 atom stereocenters. The Morgan fingerprint density at radius 3 is 2.50 bits per heavy atom. The summed E-state index contributed by atoms with van der Waals surface area (Å²) in [5, 5.41) is 5.16.